The van der Waals surface area contributed by atoms with Gasteiger partial charge in [0.1, 0.15) is 0 Å². The standard InChI is InChI=1S/C16H19ClN2S.C2H6/c1-5-7-16(13(4)20-12(3)6-2)19-18-15-10-8-14(17)9-11-15;1-2/h5,8-11,18H,1,3-4,6-7H2,2H3;1-2H3/b19-16+;. The zero-order chi connectivity index (χ0) is 17.0. The lowest BCUT2D eigenvalue weighted by Gasteiger charge is -2.09. The van der Waals surface area contributed by atoms with Crippen molar-refractivity contribution in [3.63, 3.8) is 0 Å². The SMILES string of the molecule is C=CC/C(=N\Nc1ccc(Cl)cc1)C(=C)SC(=C)CC.CC. The third kappa shape index (κ3) is 8.11. The van der Waals surface area contributed by atoms with Gasteiger partial charge in [0.05, 0.1) is 11.4 Å². The van der Waals surface area contributed by atoms with Gasteiger partial charge in [0, 0.05) is 16.3 Å². The maximum atomic E-state index is 5.84. The van der Waals surface area contributed by atoms with E-state index >= 15 is 0 Å². The van der Waals surface area contributed by atoms with Crippen LogP contribution in [0.5, 0.6) is 0 Å². The van der Waals surface area contributed by atoms with Gasteiger partial charge < -0.3 is 0 Å². The van der Waals surface area contributed by atoms with Crippen molar-refractivity contribution in [2.75, 3.05) is 5.43 Å². The molecule has 22 heavy (non-hydrogen) atoms. The van der Waals surface area contributed by atoms with E-state index in [0.29, 0.717) is 11.4 Å². The van der Waals surface area contributed by atoms with Gasteiger partial charge >= 0.3 is 0 Å². The number of anilines is 1. The van der Waals surface area contributed by atoms with E-state index in [-0.39, 0.29) is 0 Å². The predicted molar refractivity (Wildman–Crippen MR) is 105 cm³/mol. The first-order valence-corrected chi connectivity index (χ1v) is 8.50. The van der Waals surface area contributed by atoms with Gasteiger partial charge in [0.25, 0.3) is 0 Å². The quantitative estimate of drug-likeness (QED) is 0.318. The van der Waals surface area contributed by atoms with Gasteiger partial charge in [-0.15, -0.1) is 6.58 Å². The first-order valence-electron chi connectivity index (χ1n) is 7.30. The minimum absolute atomic E-state index is 0.656. The van der Waals surface area contributed by atoms with Crippen LogP contribution in [0.25, 0.3) is 0 Å². The second-order valence-electron chi connectivity index (χ2n) is 4.09. The summed E-state index contributed by atoms with van der Waals surface area (Å²) in [5.41, 5.74) is 4.74. The monoisotopic (exact) mass is 336 g/mol. The Morgan fingerprint density at radius 2 is 1.86 bits per heavy atom. The number of benzene rings is 1. The summed E-state index contributed by atoms with van der Waals surface area (Å²) in [4.78, 5) is 1.96. The lowest BCUT2D eigenvalue weighted by atomic mass is 10.2. The Balaban J connectivity index is 0.00000211. The summed E-state index contributed by atoms with van der Waals surface area (Å²) >= 11 is 7.40. The van der Waals surface area contributed by atoms with Crippen LogP contribution in [0.1, 0.15) is 33.6 Å². The Hall–Kier alpha value is -1.45. The van der Waals surface area contributed by atoms with Crippen molar-refractivity contribution in [2.24, 2.45) is 5.10 Å². The molecular weight excluding hydrogens is 312 g/mol. The molecule has 0 atom stereocenters. The number of nitrogens with one attached hydrogen (secondary N) is 1. The molecule has 0 fully saturated rings. The summed E-state index contributed by atoms with van der Waals surface area (Å²) in [6, 6.07) is 7.38. The van der Waals surface area contributed by atoms with Crippen molar-refractivity contribution in [1.82, 2.24) is 0 Å². The molecule has 0 saturated heterocycles. The van der Waals surface area contributed by atoms with Crippen LogP contribution in [-0.4, -0.2) is 5.71 Å². The topological polar surface area (TPSA) is 24.4 Å². The van der Waals surface area contributed by atoms with Crippen LogP contribution in [0, 0.1) is 0 Å². The van der Waals surface area contributed by atoms with Gasteiger partial charge in [-0.1, -0.05) is 63.4 Å². The van der Waals surface area contributed by atoms with Crippen molar-refractivity contribution in [1.29, 1.82) is 0 Å². The molecule has 0 amide bonds. The van der Waals surface area contributed by atoms with E-state index in [1.165, 1.54) is 0 Å². The molecule has 120 valence electrons. The third-order valence-corrected chi connectivity index (χ3v) is 3.80. The minimum atomic E-state index is 0.656. The van der Waals surface area contributed by atoms with Gasteiger partial charge in [-0.05, 0) is 35.6 Å². The number of hydrogen-bond acceptors (Lipinski definition) is 3. The fourth-order valence-corrected chi connectivity index (χ4v) is 2.19. The molecule has 0 aliphatic rings. The molecule has 1 aromatic rings. The zero-order valence-electron chi connectivity index (χ0n) is 13.7. The second kappa shape index (κ2) is 12.1. The van der Waals surface area contributed by atoms with Crippen molar-refractivity contribution in [2.45, 2.75) is 33.6 Å². The molecule has 1 rings (SSSR count). The molecule has 1 aromatic carbocycles. The van der Waals surface area contributed by atoms with Crippen LogP contribution in [0.2, 0.25) is 5.02 Å². The van der Waals surface area contributed by atoms with Crippen molar-refractivity contribution >= 4 is 34.8 Å². The number of nitrogens with zero attached hydrogens (tertiary/aromatic N) is 1. The number of allylic oxidation sites excluding steroid dienone is 3. The average molecular weight is 337 g/mol. The first kappa shape index (κ1) is 20.6. The molecule has 0 aromatic heterocycles. The normalized spacial score (nSPS) is 10.3. The summed E-state index contributed by atoms with van der Waals surface area (Å²) < 4.78 is 0. The molecule has 1 N–H and O–H groups in total. The van der Waals surface area contributed by atoms with Crippen LogP contribution in [-0.2, 0) is 0 Å². The van der Waals surface area contributed by atoms with E-state index in [0.717, 1.165) is 27.6 Å². The minimum Gasteiger partial charge on any atom is -0.278 e. The van der Waals surface area contributed by atoms with Gasteiger partial charge in [-0.2, -0.15) is 5.10 Å². The van der Waals surface area contributed by atoms with E-state index in [1.54, 1.807) is 11.8 Å². The molecule has 0 bridgehead atoms. The molecule has 0 aliphatic heterocycles. The van der Waals surface area contributed by atoms with Gasteiger partial charge in [0.2, 0.25) is 0 Å². The lowest BCUT2D eigenvalue weighted by Crippen LogP contribution is -2.02. The molecule has 0 spiro atoms. The molecule has 0 heterocycles. The Morgan fingerprint density at radius 3 is 2.36 bits per heavy atom. The molecule has 0 aliphatic carbocycles. The molecule has 0 radical (unpaired) electrons. The van der Waals surface area contributed by atoms with Gasteiger partial charge in [-0.3, -0.25) is 5.43 Å². The first-order chi connectivity index (χ1) is 10.6. The molecule has 4 heteroatoms. The van der Waals surface area contributed by atoms with Crippen molar-refractivity contribution < 1.29 is 0 Å². The van der Waals surface area contributed by atoms with E-state index in [1.807, 2.05) is 44.2 Å². The second-order valence-corrected chi connectivity index (χ2v) is 5.80. The summed E-state index contributed by atoms with van der Waals surface area (Å²) in [7, 11) is 0. The Morgan fingerprint density at radius 1 is 1.27 bits per heavy atom. The highest BCUT2D eigenvalue weighted by molar-refractivity contribution is 8.07. The number of halogens is 1. The Kier molecular flexibility index (Phi) is 11.3. The van der Waals surface area contributed by atoms with Crippen LogP contribution < -0.4 is 5.43 Å². The highest BCUT2D eigenvalue weighted by Crippen LogP contribution is 2.27. The van der Waals surface area contributed by atoms with E-state index < -0.39 is 0 Å². The van der Waals surface area contributed by atoms with Gasteiger partial charge in [0.15, 0.2) is 0 Å². The maximum Gasteiger partial charge on any atom is 0.0777 e. The predicted octanol–water partition coefficient (Wildman–Crippen LogP) is 6.88. The number of thioether (sulfide) groups is 1. The lowest BCUT2D eigenvalue weighted by molar-refractivity contribution is 1.21. The Labute approximate surface area is 144 Å². The number of hydrogen-bond donors (Lipinski definition) is 1. The molecule has 2 nitrogen and oxygen atoms in total. The van der Waals surface area contributed by atoms with E-state index in [9.17, 15) is 0 Å². The summed E-state index contributed by atoms with van der Waals surface area (Å²) in [6.07, 6.45) is 3.38. The highest BCUT2D eigenvalue weighted by atomic mass is 35.5. The summed E-state index contributed by atoms with van der Waals surface area (Å²) in [5.74, 6) is 0. The largest absolute Gasteiger partial charge is 0.278 e. The molecular formula is C18H25ClN2S. The van der Waals surface area contributed by atoms with Crippen LogP contribution in [0.15, 0.2) is 65.0 Å². The fraction of sp³-hybridized carbons (Fsp3) is 0.278. The summed E-state index contributed by atoms with van der Waals surface area (Å²) in [6.45, 7) is 17.8. The van der Waals surface area contributed by atoms with Crippen LogP contribution in [0.4, 0.5) is 5.69 Å². The smallest absolute Gasteiger partial charge is 0.0777 e. The molecule has 0 unspecified atom stereocenters. The van der Waals surface area contributed by atoms with E-state index in [2.05, 4.69) is 37.2 Å². The third-order valence-electron chi connectivity index (χ3n) is 2.49. The molecule has 0 saturated carbocycles. The van der Waals surface area contributed by atoms with Crippen molar-refractivity contribution in [3.05, 3.63) is 64.9 Å². The number of hydrazone groups is 1. The van der Waals surface area contributed by atoms with Crippen molar-refractivity contribution in [3.8, 4) is 0 Å². The summed E-state index contributed by atoms with van der Waals surface area (Å²) in [5, 5.41) is 5.09. The fourth-order valence-electron chi connectivity index (χ4n) is 1.32. The maximum absolute atomic E-state index is 5.84. The van der Waals surface area contributed by atoms with Gasteiger partial charge in [-0.25, -0.2) is 0 Å². The number of rotatable bonds is 8. The van der Waals surface area contributed by atoms with E-state index in [4.69, 9.17) is 11.6 Å². The average Bonchev–Trinajstić information content (AvgIpc) is 2.54. The van der Waals surface area contributed by atoms with Crippen LogP contribution >= 0.6 is 23.4 Å². The van der Waals surface area contributed by atoms with Crippen LogP contribution in [0.3, 0.4) is 0 Å². The Bertz CT molecular complexity index is 518. The zero-order valence-corrected chi connectivity index (χ0v) is 15.2. The highest BCUT2D eigenvalue weighted by Gasteiger charge is 2.06.